The van der Waals surface area contributed by atoms with E-state index in [2.05, 4.69) is 43.1 Å². The molecule has 0 fully saturated rings. The molecule has 0 aliphatic carbocycles. The highest BCUT2D eigenvalue weighted by Crippen LogP contribution is 2.28. The zero-order chi connectivity index (χ0) is 15.7. The largest absolute Gasteiger partial charge is 0.479 e. The number of benzene rings is 1. The van der Waals surface area contributed by atoms with Crippen LogP contribution >= 0.6 is 0 Å². The summed E-state index contributed by atoms with van der Waals surface area (Å²) in [6.07, 6.45) is 2.33. The Kier molecular flexibility index (Phi) is 3.72. The smallest absolute Gasteiger partial charge is 0.268 e. The number of aromatic amines is 1. The Morgan fingerprint density at radius 2 is 2.00 bits per heavy atom. The molecule has 2 heterocycles. The van der Waals surface area contributed by atoms with E-state index in [-0.39, 0.29) is 11.1 Å². The first-order valence-electron chi connectivity index (χ1n) is 7.46. The Balaban J connectivity index is 2.14. The van der Waals surface area contributed by atoms with E-state index < -0.39 is 0 Å². The Hall–Kier alpha value is -2.54. The number of nitriles is 1. The number of nitrogens with zero attached hydrogens (tertiary/aromatic N) is 1. The summed E-state index contributed by atoms with van der Waals surface area (Å²) >= 11 is 0. The molecular formula is C18H18N2O2. The lowest BCUT2D eigenvalue weighted by molar-refractivity contribution is 0.274. The van der Waals surface area contributed by atoms with E-state index in [4.69, 9.17) is 4.74 Å². The molecule has 2 aromatic rings. The van der Waals surface area contributed by atoms with Crippen LogP contribution in [0.5, 0.6) is 5.88 Å². The predicted octanol–water partition coefficient (Wildman–Crippen LogP) is 2.78. The minimum absolute atomic E-state index is 0.211. The second-order valence-corrected chi connectivity index (χ2v) is 5.85. The van der Waals surface area contributed by atoms with Gasteiger partial charge < -0.3 is 4.74 Å². The van der Waals surface area contributed by atoms with Crippen molar-refractivity contribution in [1.82, 2.24) is 4.98 Å². The number of rotatable bonds is 2. The van der Waals surface area contributed by atoms with Gasteiger partial charge >= 0.3 is 0 Å². The van der Waals surface area contributed by atoms with E-state index >= 15 is 0 Å². The zero-order valence-corrected chi connectivity index (χ0v) is 12.8. The van der Waals surface area contributed by atoms with Gasteiger partial charge in [0.15, 0.2) is 5.88 Å². The van der Waals surface area contributed by atoms with Crippen LogP contribution in [-0.4, -0.2) is 11.6 Å². The summed E-state index contributed by atoms with van der Waals surface area (Å²) in [6, 6.07) is 8.39. The number of aromatic nitrogens is 1. The molecule has 0 saturated carbocycles. The Labute approximate surface area is 129 Å². The monoisotopic (exact) mass is 294 g/mol. The molecule has 1 aromatic carbocycles. The predicted molar refractivity (Wildman–Crippen MR) is 84.3 cm³/mol. The second-order valence-electron chi connectivity index (χ2n) is 5.85. The minimum atomic E-state index is -0.359. The third kappa shape index (κ3) is 2.62. The molecule has 1 aliphatic rings. The van der Waals surface area contributed by atoms with Crippen LogP contribution in [0.2, 0.25) is 0 Å². The maximum Gasteiger partial charge on any atom is 0.268 e. The number of ether oxygens (including phenoxy) is 1. The lowest BCUT2D eigenvalue weighted by Gasteiger charge is -2.20. The normalized spacial score (nSPS) is 13.1. The van der Waals surface area contributed by atoms with Crippen molar-refractivity contribution in [2.45, 2.75) is 33.1 Å². The van der Waals surface area contributed by atoms with Crippen LogP contribution in [-0.2, 0) is 12.8 Å². The first-order valence-corrected chi connectivity index (χ1v) is 7.46. The average molecular weight is 294 g/mol. The number of H-pyrrole nitrogens is 1. The van der Waals surface area contributed by atoms with Crippen molar-refractivity contribution in [3.05, 3.63) is 61.9 Å². The molecule has 0 amide bonds. The van der Waals surface area contributed by atoms with Gasteiger partial charge in [0.05, 0.1) is 6.61 Å². The second kappa shape index (κ2) is 5.69. The highest BCUT2D eigenvalue weighted by Gasteiger charge is 2.21. The average Bonchev–Trinajstić information content (AvgIpc) is 2.46. The molecule has 4 nitrogen and oxygen atoms in total. The molecule has 22 heavy (non-hydrogen) atoms. The molecule has 0 bridgehead atoms. The van der Waals surface area contributed by atoms with E-state index in [1.165, 1.54) is 11.1 Å². The summed E-state index contributed by atoms with van der Waals surface area (Å²) in [4.78, 5) is 14.8. The van der Waals surface area contributed by atoms with E-state index in [1.807, 2.05) is 0 Å². The molecule has 4 heteroatoms. The van der Waals surface area contributed by atoms with E-state index in [0.29, 0.717) is 18.9 Å². The third-order valence-corrected chi connectivity index (χ3v) is 3.99. The number of nitrogens with one attached hydrogen (secondary N) is 1. The van der Waals surface area contributed by atoms with Crippen LogP contribution in [0, 0.1) is 25.2 Å². The zero-order valence-electron chi connectivity index (χ0n) is 12.8. The van der Waals surface area contributed by atoms with E-state index in [0.717, 1.165) is 29.5 Å². The molecular weight excluding hydrogens is 276 g/mol. The van der Waals surface area contributed by atoms with Gasteiger partial charge in [0.1, 0.15) is 11.6 Å². The molecule has 0 unspecified atom stereocenters. The summed E-state index contributed by atoms with van der Waals surface area (Å²) in [5.74, 6) is 0.537. The van der Waals surface area contributed by atoms with Crippen molar-refractivity contribution >= 4 is 0 Å². The SMILES string of the molecule is Cc1cc(C)cc(Cc2c3c([nH]c(=O)c2C#N)OCCC3)c1. The fourth-order valence-electron chi connectivity index (χ4n) is 3.17. The molecule has 1 N–H and O–H groups in total. The van der Waals surface area contributed by atoms with E-state index in [1.54, 1.807) is 0 Å². The Morgan fingerprint density at radius 1 is 1.27 bits per heavy atom. The van der Waals surface area contributed by atoms with Crippen LogP contribution < -0.4 is 10.3 Å². The Bertz CT molecular complexity index is 808. The lowest BCUT2D eigenvalue weighted by atomic mass is 9.92. The molecule has 112 valence electrons. The van der Waals surface area contributed by atoms with Crippen LogP contribution in [0.1, 0.15) is 39.8 Å². The molecule has 0 atom stereocenters. The summed E-state index contributed by atoms with van der Waals surface area (Å²) in [5, 5.41) is 9.38. The van der Waals surface area contributed by atoms with Gasteiger partial charge in [0.2, 0.25) is 0 Å². The maximum atomic E-state index is 12.1. The number of hydrogen-bond donors (Lipinski definition) is 1. The standard InChI is InChI=1S/C18H18N2O2/c1-11-6-12(2)8-13(7-11)9-15-14-4-3-5-22-18(14)20-17(21)16(15)10-19/h6-8H,3-5,9H2,1-2H3,(H,20,21). The van der Waals surface area contributed by atoms with E-state index in [9.17, 15) is 10.1 Å². The topological polar surface area (TPSA) is 65.9 Å². The van der Waals surface area contributed by atoms with Crippen molar-refractivity contribution in [3.8, 4) is 11.9 Å². The van der Waals surface area contributed by atoms with Crippen molar-refractivity contribution in [2.24, 2.45) is 0 Å². The fraction of sp³-hybridized carbons (Fsp3) is 0.333. The first-order chi connectivity index (χ1) is 10.6. The van der Waals surface area contributed by atoms with Crippen LogP contribution in [0.3, 0.4) is 0 Å². The summed E-state index contributed by atoms with van der Waals surface area (Å²) < 4.78 is 5.56. The van der Waals surface area contributed by atoms with Crippen LogP contribution in [0.25, 0.3) is 0 Å². The van der Waals surface area contributed by atoms with Gasteiger partial charge in [-0.2, -0.15) is 5.26 Å². The van der Waals surface area contributed by atoms with Crippen molar-refractivity contribution in [2.75, 3.05) is 6.61 Å². The molecule has 0 radical (unpaired) electrons. The maximum absolute atomic E-state index is 12.1. The van der Waals surface area contributed by atoms with Crippen molar-refractivity contribution in [1.29, 1.82) is 5.26 Å². The van der Waals surface area contributed by atoms with Gasteiger partial charge in [0, 0.05) is 5.56 Å². The number of aryl methyl sites for hydroxylation is 2. The highest BCUT2D eigenvalue weighted by atomic mass is 16.5. The van der Waals surface area contributed by atoms with Crippen LogP contribution in [0.4, 0.5) is 0 Å². The first kappa shape index (κ1) is 14.4. The van der Waals surface area contributed by atoms with Gasteiger partial charge in [-0.05, 0) is 44.2 Å². The Morgan fingerprint density at radius 3 is 2.68 bits per heavy atom. The third-order valence-electron chi connectivity index (χ3n) is 3.99. The number of fused-ring (bicyclic) bond motifs is 1. The fourth-order valence-corrected chi connectivity index (χ4v) is 3.17. The summed E-state index contributed by atoms with van der Waals surface area (Å²) in [6.45, 7) is 4.72. The highest BCUT2D eigenvalue weighted by molar-refractivity contribution is 5.49. The van der Waals surface area contributed by atoms with Gasteiger partial charge in [-0.15, -0.1) is 0 Å². The van der Waals surface area contributed by atoms with Crippen molar-refractivity contribution in [3.63, 3.8) is 0 Å². The van der Waals surface area contributed by atoms with Gasteiger partial charge in [0.25, 0.3) is 5.56 Å². The van der Waals surface area contributed by atoms with Crippen LogP contribution in [0.15, 0.2) is 23.0 Å². The lowest BCUT2D eigenvalue weighted by Crippen LogP contribution is -2.22. The molecule has 1 aromatic heterocycles. The molecule has 0 saturated heterocycles. The van der Waals surface area contributed by atoms with Gasteiger partial charge in [-0.3, -0.25) is 9.78 Å². The molecule has 3 rings (SSSR count). The van der Waals surface area contributed by atoms with Gasteiger partial charge in [-0.1, -0.05) is 29.3 Å². The summed E-state index contributed by atoms with van der Waals surface area (Å²) in [7, 11) is 0. The van der Waals surface area contributed by atoms with Crippen molar-refractivity contribution < 1.29 is 4.74 Å². The summed E-state index contributed by atoms with van der Waals surface area (Å²) in [5.41, 5.74) is 5.12. The molecule has 0 spiro atoms. The number of hydrogen-bond acceptors (Lipinski definition) is 3. The minimum Gasteiger partial charge on any atom is -0.479 e. The quantitative estimate of drug-likeness (QED) is 0.926. The number of pyridine rings is 1. The van der Waals surface area contributed by atoms with Gasteiger partial charge in [-0.25, -0.2) is 0 Å². The molecule has 1 aliphatic heterocycles.